The number of halogens is 3. The van der Waals surface area contributed by atoms with E-state index >= 15 is 0 Å². The van der Waals surface area contributed by atoms with Gasteiger partial charge >= 0.3 is 11.9 Å². The lowest BCUT2D eigenvalue weighted by Crippen LogP contribution is -2.50. The van der Waals surface area contributed by atoms with Gasteiger partial charge in [0.15, 0.2) is 0 Å². The number of carbonyl (C=O) groups excluding carboxylic acids is 2. The molecule has 2 aromatic carbocycles. The molecule has 3 N–H and O–H groups in total. The molecule has 17 heteroatoms. The predicted molar refractivity (Wildman–Crippen MR) is 225 cm³/mol. The SMILES string of the molecule is Cn1c(=O)n(C2CCC(=O)NC2=O)c2ccc(CN3CCN([C@H]4CCN(Cc5ccc(-c6cn(C7CCC(O)CC7)c7nc(NCCC(F)(F)F)ncc67)cc5)C4)CC3)cc21. The van der Waals surface area contributed by atoms with Gasteiger partial charge in [0, 0.05) is 108 Å². The van der Waals surface area contributed by atoms with Crippen LogP contribution >= 0.6 is 0 Å². The molecule has 2 atom stereocenters. The summed E-state index contributed by atoms with van der Waals surface area (Å²) in [5.74, 6) is -0.564. The topological polar surface area (TPSA) is 146 Å². The number of aliphatic hydroxyl groups is 1. The van der Waals surface area contributed by atoms with Crippen molar-refractivity contribution in [2.24, 2.45) is 7.05 Å². The number of nitrogens with one attached hydrogen (secondary N) is 2. The second-order valence-electron chi connectivity index (χ2n) is 17.3. The zero-order valence-corrected chi connectivity index (χ0v) is 34.4. The number of hydrogen-bond acceptors (Lipinski definition) is 10. The minimum atomic E-state index is -4.27. The molecule has 3 saturated heterocycles. The monoisotopic (exact) mass is 842 g/mol. The number of anilines is 1. The first-order chi connectivity index (χ1) is 29.4. The van der Waals surface area contributed by atoms with Crippen molar-refractivity contribution in [1.82, 2.24) is 43.7 Å². The van der Waals surface area contributed by atoms with Gasteiger partial charge in [0.2, 0.25) is 17.8 Å². The summed E-state index contributed by atoms with van der Waals surface area (Å²) in [6.45, 7) is 7.25. The summed E-state index contributed by atoms with van der Waals surface area (Å²) < 4.78 is 43.7. The van der Waals surface area contributed by atoms with Crippen LogP contribution in [0, 0.1) is 0 Å². The second-order valence-corrected chi connectivity index (χ2v) is 17.3. The number of fused-ring (bicyclic) bond motifs is 2. The zero-order valence-electron chi connectivity index (χ0n) is 34.4. The predicted octanol–water partition coefficient (Wildman–Crippen LogP) is 4.96. The molecule has 3 aromatic heterocycles. The number of imidazole rings is 1. The third kappa shape index (κ3) is 8.83. The molecular weight excluding hydrogens is 790 g/mol. The number of alkyl halides is 3. The Kier molecular flexibility index (Phi) is 11.5. The molecule has 4 aliphatic rings. The van der Waals surface area contributed by atoms with Crippen molar-refractivity contribution in [3.05, 3.63) is 76.5 Å². The Morgan fingerprint density at radius 2 is 1.59 bits per heavy atom. The number of likely N-dealkylation sites (tertiary alicyclic amines) is 1. The first-order valence-electron chi connectivity index (χ1n) is 21.5. The zero-order chi connectivity index (χ0) is 42.4. The summed E-state index contributed by atoms with van der Waals surface area (Å²) >= 11 is 0. The first-order valence-corrected chi connectivity index (χ1v) is 21.5. The van der Waals surface area contributed by atoms with E-state index < -0.39 is 24.5 Å². The van der Waals surface area contributed by atoms with E-state index in [0.29, 0.717) is 36.5 Å². The van der Waals surface area contributed by atoms with Crippen molar-refractivity contribution < 1.29 is 27.9 Å². The van der Waals surface area contributed by atoms with E-state index in [1.54, 1.807) is 17.8 Å². The molecule has 9 rings (SSSR count). The van der Waals surface area contributed by atoms with Crippen LogP contribution < -0.4 is 16.3 Å². The average molecular weight is 843 g/mol. The number of aliphatic hydroxyl groups excluding tert-OH is 1. The van der Waals surface area contributed by atoms with Crippen LogP contribution in [0.15, 0.2) is 59.7 Å². The summed E-state index contributed by atoms with van der Waals surface area (Å²) in [6, 6.07) is 14.6. The largest absolute Gasteiger partial charge is 0.393 e. The number of piperidine rings is 1. The fraction of sp³-hybridized carbons (Fsp3) is 0.523. The Labute approximate surface area is 351 Å². The van der Waals surface area contributed by atoms with E-state index in [1.807, 2.05) is 18.2 Å². The molecule has 0 radical (unpaired) electrons. The molecule has 3 aliphatic heterocycles. The number of piperazine rings is 1. The molecule has 5 aromatic rings. The van der Waals surface area contributed by atoms with Crippen LogP contribution in [0.1, 0.15) is 74.6 Å². The van der Waals surface area contributed by atoms with Crippen molar-refractivity contribution in [1.29, 1.82) is 0 Å². The summed E-state index contributed by atoms with van der Waals surface area (Å²) in [7, 11) is 1.73. The number of rotatable bonds is 11. The smallest absolute Gasteiger partial charge is 0.390 e. The minimum absolute atomic E-state index is 0.129. The van der Waals surface area contributed by atoms with Crippen molar-refractivity contribution in [2.45, 2.75) is 94.9 Å². The van der Waals surface area contributed by atoms with Gasteiger partial charge in [-0.05, 0) is 67.3 Å². The van der Waals surface area contributed by atoms with Crippen LogP contribution in [0.2, 0.25) is 0 Å². The van der Waals surface area contributed by atoms with Gasteiger partial charge in [-0.15, -0.1) is 0 Å². The van der Waals surface area contributed by atoms with E-state index in [4.69, 9.17) is 4.98 Å². The highest BCUT2D eigenvalue weighted by Gasteiger charge is 2.33. The normalized spacial score (nSPS) is 23.6. The fourth-order valence-corrected chi connectivity index (χ4v) is 9.86. The van der Waals surface area contributed by atoms with Crippen molar-refractivity contribution in [3.8, 4) is 11.1 Å². The van der Waals surface area contributed by atoms with Crippen LogP contribution in [0.4, 0.5) is 19.1 Å². The Morgan fingerprint density at radius 1 is 0.852 bits per heavy atom. The molecule has 324 valence electrons. The molecule has 4 fully saturated rings. The standard InChI is InChI=1S/C44H53F3N10O4/c1-52-38-22-29(4-11-36(38)57(43(52)61)37-12-13-39(59)50-41(37)60)25-53-18-20-55(21-19-53)32-14-17-54(26-32)24-28-2-5-30(6-3-28)35-27-56(31-7-9-33(58)10-8-31)40-34(35)23-49-42(51-40)48-16-15-44(45,46)47/h2-6,11,22-23,27,31-33,37,58H,7-10,12-21,24-26H2,1H3,(H,48,49,51)(H,50,59,60)/t31?,32-,33?,37?/m0/s1. The number of aromatic nitrogens is 5. The van der Waals surface area contributed by atoms with Gasteiger partial charge < -0.3 is 15.0 Å². The fourth-order valence-electron chi connectivity index (χ4n) is 9.86. The molecule has 0 spiro atoms. The summed E-state index contributed by atoms with van der Waals surface area (Å²) in [4.78, 5) is 54.2. The molecule has 6 heterocycles. The Balaban J connectivity index is 0.801. The number of hydrogen-bond donors (Lipinski definition) is 3. The average Bonchev–Trinajstić information content (AvgIpc) is 3.93. The number of nitrogens with zero attached hydrogens (tertiary/aromatic N) is 8. The molecule has 1 unspecified atom stereocenters. The highest BCUT2D eigenvalue weighted by Crippen LogP contribution is 2.37. The lowest BCUT2D eigenvalue weighted by atomic mass is 9.93. The van der Waals surface area contributed by atoms with E-state index in [-0.39, 0.29) is 42.7 Å². The molecule has 0 bridgehead atoms. The van der Waals surface area contributed by atoms with Gasteiger partial charge in [-0.1, -0.05) is 30.3 Å². The molecule has 14 nitrogen and oxygen atoms in total. The molecule has 1 saturated carbocycles. The Bertz CT molecular complexity index is 2460. The minimum Gasteiger partial charge on any atom is -0.393 e. The highest BCUT2D eigenvalue weighted by molar-refractivity contribution is 6.00. The van der Waals surface area contributed by atoms with Crippen LogP contribution in [-0.4, -0.2) is 119 Å². The maximum atomic E-state index is 13.2. The number of imide groups is 1. The molecule has 2 amide bonds. The van der Waals surface area contributed by atoms with Gasteiger partial charge in [0.25, 0.3) is 0 Å². The molecule has 1 aliphatic carbocycles. The van der Waals surface area contributed by atoms with E-state index in [2.05, 4.69) is 65.3 Å². The van der Waals surface area contributed by atoms with Gasteiger partial charge in [-0.25, -0.2) is 9.78 Å². The van der Waals surface area contributed by atoms with Crippen LogP contribution in [-0.2, 0) is 29.7 Å². The Hall–Kier alpha value is -5.10. The summed E-state index contributed by atoms with van der Waals surface area (Å²) in [6.07, 6.45) is 2.87. The van der Waals surface area contributed by atoms with E-state index in [1.165, 1.54) is 10.1 Å². The maximum absolute atomic E-state index is 13.2. The number of aryl methyl sites for hydroxylation is 1. The van der Waals surface area contributed by atoms with E-state index in [0.717, 1.165) is 99.2 Å². The lowest BCUT2D eigenvalue weighted by Gasteiger charge is -2.38. The van der Waals surface area contributed by atoms with Crippen molar-refractivity contribution >= 4 is 39.8 Å². The third-order valence-corrected chi connectivity index (χ3v) is 13.2. The summed E-state index contributed by atoms with van der Waals surface area (Å²) in [5, 5.41) is 16.1. The van der Waals surface area contributed by atoms with Crippen LogP contribution in [0.3, 0.4) is 0 Å². The van der Waals surface area contributed by atoms with E-state index in [9.17, 15) is 32.7 Å². The quantitative estimate of drug-likeness (QED) is 0.156. The number of amides is 2. The van der Waals surface area contributed by atoms with Crippen molar-refractivity contribution in [3.63, 3.8) is 0 Å². The van der Waals surface area contributed by atoms with Gasteiger partial charge in [-0.3, -0.25) is 38.7 Å². The maximum Gasteiger partial charge on any atom is 0.390 e. The van der Waals surface area contributed by atoms with Crippen molar-refractivity contribution in [2.75, 3.05) is 51.1 Å². The van der Waals surface area contributed by atoms with Crippen LogP contribution in [0.25, 0.3) is 33.2 Å². The highest BCUT2D eigenvalue weighted by atomic mass is 19.4. The third-order valence-electron chi connectivity index (χ3n) is 13.2. The second kappa shape index (κ2) is 17.0. The number of carbonyl (C=O) groups is 2. The number of benzene rings is 2. The van der Waals surface area contributed by atoms with Gasteiger partial charge in [0.05, 0.1) is 23.6 Å². The first kappa shape index (κ1) is 41.3. The molecule has 61 heavy (non-hydrogen) atoms. The van der Waals surface area contributed by atoms with Crippen LogP contribution in [0.5, 0.6) is 0 Å². The lowest BCUT2D eigenvalue weighted by molar-refractivity contribution is -0.136. The van der Waals surface area contributed by atoms with Gasteiger partial charge in [-0.2, -0.15) is 18.2 Å². The molecular formula is C44H53F3N10O4. The van der Waals surface area contributed by atoms with Gasteiger partial charge in [0.1, 0.15) is 11.7 Å². The Morgan fingerprint density at radius 3 is 2.33 bits per heavy atom. The summed E-state index contributed by atoms with van der Waals surface area (Å²) in [5.41, 5.74) is 6.25.